The van der Waals surface area contributed by atoms with Crippen LogP contribution in [0.1, 0.15) is 38.8 Å². The van der Waals surface area contributed by atoms with Crippen LogP contribution in [0.5, 0.6) is 0 Å². The number of hydrogen-bond acceptors (Lipinski definition) is 4. The fourth-order valence-electron chi connectivity index (χ4n) is 2.07. The molecule has 1 aromatic heterocycles. The van der Waals surface area contributed by atoms with E-state index < -0.39 is 11.9 Å². The van der Waals surface area contributed by atoms with Crippen molar-refractivity contribution >= 4 is 11.8 Å². The number of nitrogens with one attached hydrogen (secondary N) is 2. The molecule has 1 atom stereocenters. The molecule has 112 valence electrons. The second-order valence-corrected chi connectivity index (χ2v) is 5.21. The minimum atomic E-state index is -4.47. The van der Waals surface area contributed by atoms with Crippen LogP contribution in [0.2, 0.25) is 0 Å². The second kappa shape index (κ2) is 5.85. The summed E-state index contributed by atoms with van der Waals surface area (Å²) in [5.41, 5.74) is -0.926. The van der Waals surface area contributed by atoms with Gasteiger partial charge in [0.15, 0.2) is 5.69 Å². The molecule has 0 bridgehead atoms. The van der Waals surface area contributed by atoms with Crippen LogP contribution in [0.15, 0.2) is 6.07 Å². The van der Waals surface area contributed by atoms with Crippen molar-refractivity contribution in [2.24, 2.45) is 5.92 Å². The molecule has 1 unspecified atom stereocenters. The van der Waals surface area contributed by atoms with E-state index in [1.54, 1.807) is 6.92 Å². The maximum atomic E-state index is 12.8. The SMILES string of the molecule is CCNc1nc(NC(C)CC2CC2)cc(C(F)(F)F)n1. The van der Waals surface area contributed by atoms with Gasteiger partial charge in [0.25, 0.3) is 0 Å². The van der Waals surface area contributed by atoms with Crippen LogP contribution in [-0.4, -0.2) is 22.6 Å². The highest BCUT2D eigenvalue weighted by Crippen LogP contribution is 2.34. The average Bonchev–Trinajstić information content (AvgIpc) is 3.11. The third kappa shape index (κ3) is 4.25. The van der Waals surface area contributed by atoms with Gasteiger partial charge in [-0.25, -0.2) is 4.98 Å². The molecule has 1 aromatic rings. The summed E-state index contributed by atoms with van der Waals surface area (Å²) < 4.78 is 38.4. The number of aromatic nitrogens is 2. The molecule has 1 aliphatic carbocycles. The molecule has 2 rings (SSSR count). The first kappa shape index (κ1) is 14.9. The molecule has 1 heterocycles. The Morgan fingerprint density at radius 1 is 1.35 bits per heavy atom. The first-order valence-corrected chi connectivity index (χ1v) is 6.85. The third-order valence-electron chi connectivity index (χ3n) is 3.13. The van der Waals surface area contributed by atoms with Gasteiger partial charge < -0.3 is 10.6 Å². The fourth-order valence-corrected chi connectivity index (χ4v) is 2.07. The summed E-state index contributed by atoms with van der Waals surface area (Å²) in [4.78, 5) is 7.56. The molecule has 0 saturated heterocycles. The zero-order chi connectivity index (χ0) is 14.8. The maximum absolute atomic E-state index is 12.8. The van der Waals surface area contributed by atoms with Crippen LogP contribution in [0.25, 0.3) is 0 Å². The highest BCUT2D eigenvalue weighted by molar-refractivity contribution is 5.43. The first-order valence-electron chi connectivity index (χ1n) is 6.85. The third-order valence-corrected chi connectivity index (χ3v) is 3.13. The van der Waals surface area contributed by atoms with E-state index >= 15 is 0 Å². The van der Waals surface area contributed by atoms with Crippen LogP contribution in [-0.2, 0) is 6.18 Å². The molecule has 0 aromatic carbocycles. The summed E-state index contributed by atoms with van der Waals surface area (Å²) >= 11 is 0. The molecule has 0 spiro atoms. The number of hydrogen-bond donors (Lipinski definition) is 2. The quantitative estimate of drug-likeness (QED) is 0.841. The lowest BCUT2D eigenvalue weighted by Crippen LogP contribution is -2.19. The molecule has 0 amide bonds. The monoisotopic (exact) mass is 288 g/mol. The standard InChI is InChI=1S/C13H19F3N4/c1-3-17-12-19-10(13(14,15)16)7-11(20-12)18-8(2)6-9-4-5-9/h7-9H,3-6H2,1-2H3,(H2,17,18,19,20). The number of rotatable bonds is 6. The molecule has 1 aliphatic rings. The molecule has 7 heteroatoms. The van der Waals surface area contributed by atoms with Gasteiger partial charge in [-0.05, 0) is 26.2 Å². The van der Waals surface area contributed by atoms with Crippen LogP contribution in [0, 0.1) is 5.92 Å². The number of nitrogens with zero attached hydrogens (tertiary/aromatic N) is 2. The summed E-state index contributed by atoms with van der Waals surface area (Å²) in [5, 5.41) is 5.76. The van der Waals surface area contributed by atoms with E-state index in [1.165, 1.54) is 12.8 Å². The molecule has 4 nitrogen and oxygen atoms in total. The Balaban J connectivity index is 2.14. The summed E-state index contributed by atoms with van der Waals surface area (Å²) in [6.07, 6.45) is -1.08. The molecule has 20 heavy (non-hydrogen) atoms. The Morgan fingerprint density at radius 2 is 2.05 bits per heavy atom. The highest BCUT2D eigenvalue weighted by Gasteiger charge is 2.34. The normalized spacial score (nSPS) is 16.9. The zero-order valence-corrected chi connectivity index (χ0v) is 11.6. The van der Waals surface area contributed by atoms with Gasteiger partial charge in [-0.1, -0.05) is 12.8 Å². The minimum Gasteiger partial charge on any atom is -0.367 e. The number of alkyl halides is 3. The van der Waals surface area contributed by atoms with Crippen molar-refractivity contribution in [2.45, 2.75) is 45.3 Å². The van der Waals surface area contributed by atoms with Gasteiger partial charge in [-0.15, -0.1) is 0 Å². The predicted molar refractivity (Wildman–Crippen MR) is 71.6 cm³/mol. The molecular weight excluding hydrogens is 269 g/mol. The molecule has 1 fully saturated rings. The smallest absolute Gasteiger partial charge is 0.367 e. The largest absolute Gasteiger partial charge is 0.433 e. The fraction of sp³-hybridized carbons (Fsp3) is 0.692. The van der Waals surface area contributed by atoms with Gasteiger partial charge in [0.2, 0.25) is 5.95 Å². The molecule has 0 radical (unpaired) electrons. The second-order valence-electron chi connectivity index (χ2n) is 5.21. The summed E-state index contributed by atoms with van der Waals surface area (Å²) in [6.45, 7) is 4.21. The predicted octanol–water partition coefficient (Wildman–Crippen LogP) is 3.53. The zero-order valence-electron chi connectivity index (χ0n) is 11.6. The lowest BCUT2D eigenvalue weighted by Gasteiger charge is -2.16. The van der Waals surface area contributed by atoms with E-state index in [9.17, 15) is 13.2 Å². The Labute approximate surface area is 116 Å². The Kier molecular flexibility index (Phi) is 4.35. The van der Waals surface area contributed by atoms with Crippen molar-refractivity contribution < 1.29 is 13.2 Å². The van der Waals surface area contributed by atoms with Gasteiger partial charge in [0.1, 0.15) is 5.82 Å². The van der Waals surface area contributed by atoms with Crippen LogP contribution < -0.4 is 10.6 Å². The van der Waals surface area contributed by atoms with Crippen LogP contribution in [0.3, 0.4) is 0 Å². The minimum absolute atomic E-state index is 0.00319. The Hall–Kier alpha value is -1.53. The topological polar surface area (TPSA) is 49.8 Å². The van der Waals surface area contributed by atoms with Crippen molar-refractivity contribution in [3.05, 3.63) is 11.8 Å². The van der Waals surface area contributed by atoms with Crippen molar-refractivity contribution in [1.82, 2.24) is 9.97 Å². The van der Waals surface area contributed by atoms with Gasteiger partial charge in [-0.3, -0.25) is 0 Å². The van der Waals surface area contributed by atoms with Crippen molar-refractivity contribution in [3.8, 4) is 0 Å². The van der Waals surface area contributed by atoms with Crippen molar-refractivity contribution in [2.75, 3.05) is 17.2 Å². The molecule has 2 N–H and O–H groups in total. The van der Waals surface area contributed by atoms with Gasteiger partial charge in [0.05, 0.1) is 0 Å². The molecule has 0 aliphatic heterocycles. The molecular formula is C13H19F3N4. The van der Waals surface area contributed by atoms with E-state index in [4.69, 9.17) is 0 Å². The summed E-state index contributed by atoms with van der Waals surface area (Å²) in [5.74, 6) is 0.925. The van der Waals surface area contributed by atoms with E-state index in [0.717, 1.165) is 12.5 Å². The lowest BCUT2D eigenvalue weighted by molar-refractivity contribution is -0.141. The summed E-state index contributed by atoms with van der Waals surface area (Å²) in [6, 6.07) is 1.07. The molecule has 1 saturated carbocycles. The van der Waals surface area contributed by atoms with E-state index in [2.05, 4.69) is 20.6 Å². The van der Waals surface area contributed by atoms with E-state index in [0.29, 0.717) is 12.5 Å². The van der Waals surface area contributed by atoms with E-state index in [-0.39, 0.29) is 17.8 Å². The van der Waals surface area contributed by atoms with E-state index in [1.807, 2.05) is 6.92 Å². The maximum Gasteiger partial charge on any atom is 0.433 e. The Bertz CT molecular complexity index is 457. The van der Waals surface area contributed by atoms with Crippen LogP contribution in [0.4, 0.5) is 24.9 Å². The highest BCUT2D eigenvalue weighted by atomic mass is 19.4. The van der Waals surface area contributed by atoms with Gasteiger partial charge >= 0.3 is 6.18 Å². The first-order chi connectivity index (χ1) is 9.38. The van der Waals surface area contributed by atoms with Crippen molar-refractivity contribution in [1.29, 1.82) is 0 Å². The number of halogens is 3. The number of anilines is 2. The van der Waals surface area contributed by atoms with Gasteiger partial charge in [0, 0.05) is 18.7 Å². The average molecular weight is 288 g/mol. The summed E-state index contributed by atoms with van der Waals surface area (Å²) in [7, 11) is 0. The van der Waals surface area contributed by atoms with Crippen LogP contribution >= 0.6 is 0 Å². The lowest BCUT2D eigenvalue weighted by atomic mass is 10.1. The van der Waals surface area contributed by atoms with Crippen molar-refractivity contribution in [3.63, 3.8) is 0 Å². The Morgan fingerprint density at radius 3 is 2.60 bits per heavy atom. The van der Waals surface area contributed by atoms with Gasteiger partial charge in [-0.2, -0.15) is 18.2 Å².